The fourth-order valence-electron chi connectivity index (χ4n) is 2.73. The van der Waals surface area contributed by atoms with Crippen molar-refractivity contribution >= 4 is 39.1 Å². The lowest BCUT2D eigenvalue weighted by molar-refractivity contribution is -0.136. The van der Waals surface area contributed by atoms with Crippen LogP contribution in [0.2, 0.25) is 0 Å². The Balaban J connectivity index is 1.84. The zero-order valence-corrected chi connectivity index (χ0v) is 15.4. The number of aliphatic carboxylic acids is 1. The Morgan fingerprint density at radius 1 is 1.35 bits per heavy atom. The van der Waals surface area contributed by atoms with E-state index in [1.165, 1.54) is 23.5 Å². The summed E-state index contributed by atoms with van der Waals surface area (Å²) in [7, 11) is 1.84. The number of hydrogen-bond acceptors (Lipinski definition) is 4. The van der Waals surface area contributed by atoms with E-state index in [2.05, 4.69) is 10.4 Å². The predicted molar refractivity (Wildman–Crippen MR) is 98.4 cm³/mol. The van der Waals surface area contributed by atoms with Crippen molar-refractivity contribution in [1.29, 1.82) is 0 Å². The number of amides is 1. The van der Waals surface area contributed by atoms with Gasteiger partial charge in [0.2, 0.25) is 0 Å². The highest BCUT2D eigenvalue weighted by Crippen LogP contribution is 2.32. The lowest BCUT2D eigenvalue weighted by atomic mass is 10.1. The molecule has 136 valence electrons. The summed E-state index contributed by atoms with van der Waals surface area (Å²) >= 11 is 1.32. The summed E-state index contributed by atoms with van der Waals surface area (Å²) in [5.41, 5.74) is 1.29. The van der Waals surface area contributed by atoms with Crippen molar-refractivity contribution in [2.45, 2.75) is 26.2 Å². The van der Waals surface area contributed by atoms with Gasteiger partial charge in [-0.1, -0.05) is 19.9 Å². The number of benzene rings is 1. The van der Waals surface area contributed by atoms with Gasteiger partial charge >= 0.3 is 5.97 Å². The molecule has 0 bridgehead atoms. The maximum absolute atomic E-state index is 14.0. The zero-order valence-electron chi connectivity index (χ0n) is 14.5. The molecule has 0 aliphatic carbocycles. The average Bonchev–Trinajstić information content (AvgIpc) is 3.10. The zero-order chi connectivity index (χ0) is 19.0. The molecular weight excluding hydrogens is 357 g/mol. The van der Waals surface area contributed by atoms with Gasteiger partial charge in [0, 0.05) is 18.1 Å². The molecule has 2 N–H and O–H groups in total. The first kappa shape index (κ1) is 18.1. The van der Waals surface area contributed by atoms with E-state index in [1.54, 1.807) is 10.7 Å². The molecule has 0 unspecified atom stereocenters. The second-order valence-electron chi connectivity index (χ2n) is 6.32. The number of aryl methyl sites for hydroxylation is 1. The van der Waals surface area contributed by atoms with Crippen molar-refractivity contribution in [2.75, 3.05) is 5.32 Å². The number of nitrogens with zero attached hydrogens (tertiary/aromatic N) is 2. The van der Waals surface area contributed by atoms with Crippen molar-refractivity contribution in [3.05, 3.63) is 46.2 Å². The Morgan fingerprint density at radius 2 is 2.08 bits per heavy atom. The van der Waals surface area contributed by atoms with Gasteiger partial charge < -0.3 is 10.4 Å². The molecule has 2 aromatic heterocycles. The normalized spacial score (nSPS) is 11.3. The van der Waals surface area contributed by atoms with Gasteiger partial charge in [-0.3, -0.25) is 14.3 Å². The van der Waals surface area contributed by atoms with Crippen LogP contribution in [0.5, 0.6) is 0 Å². The van der Waals surface area contributed by atoms with E-state index in [0.717, 1.165) is 22.0 Å². The van der Waals surface area contributed by atoms with E-state index in [9.17, 15) is 14.0 Å². The van der Waals surface area contributed by atoms with Gasteiger partial charge in [-0.25, -0.2) is 4.39 Å². The molecule has 0 aliphatic rings. The Hall–Kier alpha value is -2.74. The minimum atomic E-state index is -1.11. The van der Waals surface area contributed by atoms with Crippen LogP contribution in [0.1, 0.15) is 40.7 Å². The Morgan fingerprint density at radius 3 is 2.69 bits per heavy atom. The molecule has 3 aromatic rings. The molecule has 0 atom stereocenters. The quantitative estimate of drug-likeness (QED) is 0.711. The minimum absolute atomic E-state index is 0.0741. The fraction of sp³-hybridized carbons (Fsp3) is 0.278. The molecule has 0 saturated carbocycles. The van der Waals surface area contributed by atoms with Crippen molar-refractivity contribution in [2.24, 2.45) is 7.05 Å². The van der Waals surface area contributed by atoms with Crippen LogP contribution in [0.25, 0.3) is 10.2 Å². The number of halogens is 1. The summed E-state index contributed by atoms with van der Waals surface area (Å²) < 4.78 is 15.7. The molecule has 1 amide bonds. The predicted octanol–water partition coefficient (Wildman–Crippen LogP) is 3.78. The summed E-state index contributed by atoms with van der Waals surface area (Å²) in [5, 5.41) is 16.8. The van der Waals surface area contributed by atoms with Gasteiger partial charge in [0.15, 0.2) is 0 Å². The van der Waals surface area contributed by atoms with E-state index >= 15 is 0 Å². The monoisotopic (exact) mass is 375 g/mol. The number of aromatic nitrogens is 2. The number of carbonyl (C=O) groups excluding carboxylic acids is 1. The van der Waals surface area contributed by atoms with E-state index in [-0.39, 0.29) is 23.1 Å². The molecule has 0 fully saturated rings. The highest BCUT2D eigenvalue weighted by molar-refractivity contribution is 7.20. The van der Waals surface area contributed by atoms with E-state index in [4.69, 9.17) is 5.11 Å². The summed E-state index contributed by atoms with van der Waals surface area (Å²) in [4.78, 5) is 24.6. The van der Waals surface area contributed by atoms with Gasteiger partial charge in [-0.05, 0) is 29.7 Å². The lowest BCUT2D eigenvalue weighted by Crippen LogP contribution is -2.11. The fourth-order valence-corrected chi connectivity index (χ4v) is 3.70. The molecule has 6 nitrogen and oxygen atoms in total. The molecule has 3 rings (SSSR count). The highest BCUT2D eigenvalue weighted by Gasteiger charge is 2.19. The maximum atomic E-state index is 14.0. The van der Waals surface area contributed by atoms with E-state index in [0.29, 0.717) is 4.88 Å². The van der Waals surface area contributed by atoms with Crippen molar-refractivity contribution in [3.8, 4) is 0 Å². The Labute approximate surface area is 153 Å². The van der Waals surface area contributed by atoms with Crippen molar-refractivity contribution in [3.63, 3.8) is 0 Å². The van der Waals surface area contributed by atoms with E-state index < -0.39 is 18.2 Å². The number of carboxylic acids is 1. The molecule has 1 aromatic carbocycles. The third-order valence-corrected chi connectivity index (χ3v) is 5.16. The van der Waals surface area contributed by atoms with Gasteiger partial charge in [0.05, 0.1) is 17.0 Å². The number of hydrogen-bond donors (Lipinski definition) is 2. The lowest BCUT2D eigenvalue weighted by Gasteiger charge is -2.06. The molecule has 26 heavy (non-hydrogen) atoms. The molecular formula is C18H18FN3O3S. The summed E-state index contributed by atoms with van der Waals surface area (Å²) in [6.45, 7) is 4.08. The SMILES string of the molecule is CC(C)c1nn(C)c2sc(C(=O)Nc3ccc(CC(=O)O)c(F)c3)cc12. The molecule has 8 heteroatoms. The molecule has 2 heterocycles. The van der Waals surface area contributed by atoms with Crippen LogP contribution in [0.3, 0.4) is 0 Å². The van der Waals surface area contributed by atoms with Crippen LogP contribution in [-0.2, 0) is 18.3 Å². The standard InChI is InChI=1S/C18H18FN3O3S/c1-9(2)16-12-8-14(26-18(12)22(3)21-16)17(25)20-11-5-4-10(6-15(23)24)13(19)7-11/h4-5,7-9H,6H2,1-3H3,(H,20,25)(H,23,24). The maximum Gasteiger partial charge on any atom is 0.307 e. The Bertz CT molecular complexity index is 1010. The number of thiophene rings is 1. The number of fused-ring (bicyclic) bond motifs is 1. The third-order valence-electron chi connectivity index (χ3n) is 3.96. The highest BCUT2D eigenvalue weighted by atomic mass is 32.1. The van der Waals surface area contributed by atoms with Gasteiger partial charge in [0.1, 0.15) is 10.6 Å². The first-order valence-corrected chi connectivity index (χ1v) is 8.86. The largest absolute Gasteiger partial charge is 0.481 e. The third kappa shape index (κ3) is 3.45. The first-order chi connectivity index (χ1) is 12.3. The van der Waals surface area contributed by atoms with Crippen molar-refractivity contribution in [1.82, 2.24) is 9.78 Å². The van der Waals surface area contributed by atoms with Crippen LogP contribution in [0, 0.1) is 5.82 Å². The molecule has 0 radical (unpaired) electrons. The molecule has 0 aliphatic heterocycles. The summed E-state index contributed by atoms with van der Waals surface area (Å²) in [6, 6.07) is 5.79. The minimum Gasteiger partial charge on any atom is -0.481 e. The number of anilines is 1. The second kappa shape index (κ2) is 6.87. The number of carbonyl (C=O) groups is 2. The molecule has 0 saturated heterocycles. The summed E-state index contributed by atoms with van der Waals surface area (Å²) in [5.74, 6) is -1.88. The number of nitrogens with one attached hydrogen (secondary N) is 1. The van der Waals surface area contributed by atoms with Gasteiger partial charge in [0.25, 0.3) is 5.91 Å². The van der Waals surface area contributed by atoms with Crippen LogP contribution in [0.4, 0.5) is 10.1 Å². The smallest absolute Gasteiger partial charge is 0.307 e. The topological polar surface area (TPSA) is 84.2 Å². The van der Waals surface area contributed by atoms with Crippen LogP contribution in [0.15, 0.2) is 24.3 Å². The summed E-state index contributed by atoms with van der Waals surface area (Å²) in [6.07, 6.45) is -0.401. The van der Waals surface area contributed by atoms with Crippen LogP contribution >= 0.6 is 11.3 Å². The van der Waals surface area contributed by atoms with Gasteiger partial charge in [-0.2, -0.15) is 5.10 Å². The van der Waals surface area contributed by atoms with Crippen LogP contribution < -0.4 is 5.32 Å². The second-order valence-corrected chi connectivity index (χ2v) is 7.35. The molecule has 0 spiro atoms. The van der Waals surface area contributed by atoms with Crippen LogP contribution in [-0.4, -0.2) is 26.8 Å². The van der Waals surface area contributed by atoms with Gasteiger partial charge in [-0.15, -0.1) is 11.3 Å². The van der Waals surface area contributed by atoms with E-state index in [1.807, 2.05) is 20.9 Å². The Kier molecular flexibility index (Phi) is 4.78. The van der Waals surface area contributed by atoms with Crippen molar-refractivity contribution < 1.29 is 19.1 Å². The number of rotatable bonds is 5. The average molecular weight is 375 g/mol. The number of carboxylic acid groups (broad SMARTS) is 1. The first-order valence-electron chi connectivity index (χ1n) is 8.04.